The molecule has 0 aliphatic carbocycles. The summed E-state index contributed by atoms with van der Waals surface area (Å²) in [6, 6.07) is 4.83. The number of aromatic nitrogens is 2. The molecule has 9 nitrogen and oxygen atoms in total. The summed E-state index contributed by atoms with van der Waals surface area (Å²) in [5, 5.41) is 9.19. The Morgan fingerprint density at radius 3 is 2.38 bits per heavy atom. The van der Waals surface area contributed by atoms with Crippen molar-refractivity contribution in [1.82, 2.24) is 14.9 Å². The number of carbonyl (C=O) groups excluding carboxylic acids is 1. The first kappa shape index (κ1) is 32.4. The zero-order valence-electron chi connectivity index (χ0n) is 24.4. The normalized spacial score (nSPS) is 16.1. The molecule has 0 bridgehead atoms. The van der Waals surface area contributed by atoms with Crippen LogP contribution >= 0.6 is 11.6 Å². The third kappa shape index (κ3) is 10.6. The summed E-state index contributed by atoms with van der Waals surface area (Å²) in [5.74, 6) is 1.95. The maximum Gasteiger partial charge on any atom is 0.227 e. The van der Waals surface area contributed by atoms with Crippen LogP contribution in [0.3, 0.4) is 0 Å². The van der Waals surface area contributed by atoms with Crippen LogP contribution in [0, 0.1) is 17.7 Å². The number of aliphatic hydroxyl groups excluding tert-OH is 1. The van der Waals surface area contributed by atoms with Gasteiger partial charge in [-0.2, -0.15) is 0 Å². The van der Waals surface area contributed by atoms with E-state index in [1.807, 2.05) is 4.90 Å². The quantitative estimate of drug-likeness (QED) is 0.247. The molecule has 3 heterocycles. The number of anilines is 1. The number of likely N-dealkylation sites (tertiary alicyclic amines) is 1. The molecule has 1 amide bonds. The molecule has 11 heteroatoms. The fraction of sp³-hybridized carbons (Fsp3) is 0.645. The molecule has 0 atom stereocenters. The van der Waals surface area contributed by atoms with Crippen LogP contribution in [0.1, 0.15) is 50.5 Å². The van der Waals surface area contributed by atoms with Crippen LogP contribution in [0.4, 0.5) is 10.3 Å². The maximum atomic E-state index is 14.7. The molecule has 0 unspecified atom stereocenters. The SMILES string of the molecule is O=C(Cc1ccc(OCCCC2CCN(c3ncc(Cl)cn3)CC2)cc1F)N1CC(CCCCOCCOCCO)C1. The number of hydrogen-bond donors (Lipinski definition) is 1. The largest absolute Gasteiger partial charge is 0.493 e. The van der Waals surface area contributed by atoms with E-state index in [-0.39, 0.29) is 18.9 Å². The molecule has 2 fully saturated rings. The van der Waals surface area contributed by atoms with E-state index in [0.717, 1.165) is 77.1 Å². The number of rotatable bonds is 18. The Morgan fingerprint density at radius 1 is 0.952 bits per heavy atom. The molecule has 1 N–H and O–H groups in total. The van der Waals surface area contributed by atoms with Crippen molar-refractivity contribution in [2.45, 2.75) is 51.4 Å². The first-order valence-electron chi connectivity index (χ1n) is 15.2. The predicted molar refractivity (Wildman–Crippen MR) is 159 cm³/mol. The lowest BCUT2D eigenvalue weighted by atomic mass is 9.92. The van der Waals surface area contributed by atoms with Gasteiger partial charge in [0, 0.05) is 38.9 Å². The molecule has 2 aliphatic rings. The Kier molecular flexibility index (Phi) is 13.5. The predicted octanol–water partition coefficient (Wildman–Crippen LogP) is 4.54. The van der Waals surface area contributed by atoms with Crippen molar-refractivity contribution < 1.29 is 28.5 Å². The number of aliphatic hydroxyl groups is 1. The van der Waals surface area contributed by atoms with Gasteiger partial charge in [0.25, 0.3) is 0 Å². The highest BCUT2D eigenvalue weighted by molar-refractivity contribution is 6.30. The summed E-state index contributed by atoms with van der Waals surface area (Å²) in [4.78, 5) is 25.3. The summed E-state index contributed by atoms with van der Waals surface area (Å²) in [6.07, 6.45) is 10.6. The Labute approximate surface area is 253 Å². The standard InChI is InChI=1S/C31H44ClFN4O5/c32-27-20-34-31(35-21-27)36-10-8-24(9-11-36)5-3-14-42-28-7-6-26(29(33)19-28)18-30(39)37-22-25(23-37)4-1-2-13-40-16-17-41-15-12-38/h6-7,19-21,24-25,38H,1-5,8-18,22-23H2. The van der Waals surface area contributed by atoms with E-state index in [0.29, 0.717) is 61.2 Å². The van der Waals surface area contributed by atoms with Gasteiger partial charge in [-0.3, -0.25) is 4.79 Å². The third-order valence-electron chi connectivity index (χ3n) is 7.96. The number of halogens is 2. The van der Waals surface area contributed by atoms with Gasteiger partial charge < -0.3 is 29.1 Å². The highest BCUT2D eigenvalue weighted by Crippen LogP contribution is 2.26. The maximum absolute atomic E-state index is 14.7. The summed E-state index contributed by atoms with van der Waals surface area (Å²) in [5.41, 5.74) is 0.410. The Bertz CT molecular complexity index is 1080. The van der Waals surface area contributed by atoms with Crippen molar-refractivity contribution in [3.8, 4) is 5.75 Å². The van der Waals surface area contributed by atoms with Gasteiger partial charge in [0.1, 0.15) is 11.6 Å². The molecule has 4 rings (SSSR count). The van der Waals surface area contributed by atoms with E-state index >= 15 is 0 Å². The van der Waals surface area contributed by atoms with Crippen LogP contribution in [0.2, 0.25) is 5.02 Å². The molecule has 232 valence electrons. The molecule has 2 aliphatic heterocycles. The molecular formula is C31H44ClFN4O5. The monoisotopic (exact) mass is 606 g/mol. The van der Waals surface area contributed by atoms with Gasteiger partial charge >= 0.3 is 0 Å². The van der Waals surface area contributed by atoms with Crippen LogP contribution in [0.15, 0.2) is 30.6 Å². The molecule has 42 heavy (non-hydrogen) atoms. The lowest BCUT2D eigenvalue weighted by Gasteiger charge is -2.39. The topological polar surface area (TPSA) is 97.3 Å². The van der Waals surface area contributed by atoms with Gasteiger partial charge in [0.2, 0.25) is 11.9 Å². The Balaban J connectivity index is 1.04. The smallest absolute Gasteiger partial charge is 0.227 e. The van der Waals surface area contributed by atoms with Crippen LogP contribution in [0.25, 0.3) is 0 Å². The Hall–Kier alpha value is -2.53. The van der Waals surface area contributed by atoms with Gasteiger partial charge in [-0.05, 0) is 62.0 Å². The zero-order chi connectivity index (χ0) is 29.6. The number of hydrogen-bond acceptors (Lipinski definition) is 8. The van der Waals surface area contributed by atoms with Crippen LogP contribution in [-0.4, -0.2) is 91.7 Å². The minimum Gasteiger partial charge on any atom is -0.493 e. The second-order valence-electron chi connectivity index (χ2n) is 11.2. The number of nitrogens with zero attached hydrogens (tertiary/aromatic N) is 4. The lowest BCUT2D eigenvalue weighted by Crippen LogP contribution is -2.50. The summed E-state index contributed by atoms with van der Waals surface area (Å²) < 4.78 is 31.2. The molecule has 0 saturated carbocycles. The van der Waals surface area contributed by atoms with Crippen LogP contribution in [0.5, 0.6) is 5.75 Å². The first-order valence-corrected chi connectivity index (χ1v) is 15.6. The molecule has 0 spiro atoms. The van der Waals surface area contributed by atoms with Crippen LogP contribution < -0.4 is 9.64 Å². The van der Waals surface area contributed by atoms with E-state index < -0.39 is 5.82 Å². The van der Waals surface area contributed by atoms with E-state index in [4.69, 9.17) is 30.9 Å². The van der Waals surface area contributed by atoms with Gasteiger partial charge in [-0.15, -0.1) is 0 Å². The van der Waals surface area contributed by atoms with Gasteiger partial charge in [-0.25, -0.2) is 14.4 Å². The minimum absolute atomic E-state index is 0.0290. The van der Waals surface area contributed by atoms with Crippen molar-refractivity contribution >= 4 is 23.5 Å². The van der Waals surface area contributed by atoms with Gasteiger partial charge in [0.05, 0.1) is 56.9 Å². The molecular weight excluding hydrogens is 563 g/mol. The fourth-order valence-electron chi connectivity index (χ4n) is 5.47. The average Bonchev–Trinajstić information content (AvgIpc) is 2.97. The number of benzene rings is 1. The van der Waals surface area contributed by atoms with E-state index in [1.165, 1.54) is 6.07 Å². The van der Waals surface area contributed by atoms with E-state index in [2.05, 4.69) is 14.9 Å². The molecule has 2 saturated heterocycles. The fourth-order valence-corrected chi connectivity index (χ4v) is 5.57. The molecule has 1 aromatic carbocycles. The average molecular weight is 607 g/mol. The highest BCUT2D eigenvalue weighted by Gasteiger charge is 2.30. The second kappa shape index (κ2) is 17.6. The van der Waals surface area contributed by atoms with Crippen molar-refractivity contribution in [2.75, 3.05) is 70.7 Å². The van der Waals surface area contributed by atoms with Crippen molar-refractivity contribution in [1.29, 1.82) is 0 Å². The summed E-state index contributed by atoms with van der Waals surface area (Å²) >= 11 is 5.88. The summed E-state index contributed by atoms with van der Waals surface area (Å²) in [7, 11) is 0. The van der Waals surface area contributed by atoms with Crippen molar-refractivity contribution in [3.63, 3.8) is 0 Å². The number of ether oxygens (including phenoxy) is 3. The number of amides is 1. The lowest BCUT2D eigenvalue weighted by molar-refractivity contribution is -0.137. The summed E-state index contributed by atoms with van der Waals surface area (Å²) in [6.45, 7) is 5.99. The number of carbonyl (C=O) groups is 1. The third-order valence-corrected chi connectivity index (χ3v) is 8.16. The first-order chi connectivity index (χ1) is 20.5. The highest BCUT2D eigenvalue weighted by atomic mass is 35.5. The van der Waals surface area contributed by atoms with Gasteiger partial charge in [0.15, 0.2) is 0 Å². The van der Waals surface area contributed by atoms with Crippen molar-refractivity contribution in [3.05, 3.63) is 47.0 Å². The molecule has 2 aromatic rings. The second-order valence-corrected chi connectivity index (χ2v) is 11.6. The van der Waals surface area contributed by atoms with Crippen LogP contribution in [-0.2, 0) is 20.7 Å². The number of unbranched alkanes of at least 4 members (excludes halogenated alkanes) is 1. The molecule has 0 radical (unpaired) electrons. The van der Waals surface area contributed by atoms with Crippen molar-refractivity contribution in [2.24, 2.45) is 11.8 Å². The zero-order valence-corrected chi connectivity index (χ0v) is 25.2. The van der Waals surface area contributed by atoms with E-state index in [1.54, 1.807) is 24.5 Å². The number of piperidine rings is 1. The minimum atomic E-state index is -0.392. The van der Waals surface area contributed by atoms with Gasteiger partial charge in [-0.1, -0.05) is 24.1 Å². The van der Waals surface area contributed by atoms with E-state index in [9.17, 15) is 9.18 Å². The Morgan fingerprint density at radius 2 is 1.67 bits per heavy atom. The molecule has 1 aromatic heterocycles.